The smallest absolute Gasteiger partial charge is 0.354 e. The Morgan fingerprint density at radius 2 is 1.84 bits per heavy atom. The Morgan fingerprint density at radius 3 is 2.52 bits per heavy atom. The third-order valence-electron chi connectivity index (χ3n) is 5.24. The monoisotopic (exact) mass is 422 g/mol. The van der Waals surface area contributed by atoms with Crippen LogP contribution in [0.3, 0.4) is 0 Å². The number of para-hydroxylation sites is 1. The van der Waals surface area contributed by atoms with Crippen molar-refractivity contribution < 1.29 is 14.3 Å². The molecule has 7 heteroatoms. The summed E-state index contributed by atoms with van der Waals surface area (Å²) in [6, 6.07) is 16.6. The first-order chi connectivity index (χ1) is 15.0. The number of hydrogen-bond acceptors (Lipinski definition) is 6. The summed E-state index contributed by atoms with van der Waals surface area (Å²) in [6.45, 7) is 9.04. The van der Waals surface area contributed by atoms with Crippen LogP contribution in [0.15, 0.2) is 59.7 Å². The Bertz CT molecular complexity index is 925. The molecule has 0 saturated heterocycles. The highest BCUT2D eigenvalue weighted by Crippen LogP contribution is 2.26. The van der Waals surface area contributed by atoms with Crippen LogP contribution in [0.2, 0.25) is 0 Å². The van der Waals surface area contributed by atoms with Crippen molar-refractivity contribution in [2.24, 2.45) is 5.10 Å². The van der Waals surface area contributed by atoms with Gasteiger partial charge >= 0.3 is 5.97 Å². The van der Waals surface area contributed by atoms with Gasteiger partial charge in [0.05, 0.1) is 12.3 Å². The molecular formula is C24H30N4O3. The summed E-state index contributed by atoms with van der Waals surface area (Å²) in [4.78, 5) is 27.7. The summed E-state index contributed by atoms with van der Waals surface area (Å²) in [6.07, 6.45) is 0.193. The van der Waals surface area contributed by atoms with E-state index in [0.29, 0.717) is 0 Å². The number of hydrogen-bond donors (Lipinski definition) is 1. The molecular weight excluding hydrogens is 392 g/mol. The fraction of sp³-hybridized carbons (Fsp3) is 0.375. The van der Waals surface area contributed by atoms with Crippen molar-refractivity contribution in [2.45, 2.75) is 39.8 Å². The summed E-state index contributed by atoms with van der Waals surface area (Å²) >= 11 is 0. The van der Waals surface area contributed by atoms with Crippen LogP contribution >= 0.6 is 0 Å². The molecule has 1 aliphatic heterocycles. The van der Waals surface area contributed by atoms with Gasteiger partial charge in [-0.25, -0.2) is 4.79 Å². The van der Waals surface area contributed by atoms with Gasteiger partial charge in [-0.15, -0.1) is 0 Å². The molecule has 0 spiro atoms. The Balaban J connectivity index is 1.77. The van der Waals surface area contributed by atoms with Gasteiger partial charge in [0, 0.05) is 18.7 Å². The molecule has 0 bridgehead atoms. The Kier molecular flexibility index (Phi) is 7.78. The highest BCUT2D eigenvalue weighted by Gasteiger charge is 2.36. The van der Waals surface area contributed by atoms with Crippen molar-refractivity contribution >= 4 is 29.0 Å². The second-order valence-corrected chi connectivity index (χ2v) is 7.32. The summed E-state index contributed by atoms with van der Waals surface area (Å²) in [5, 5.41) is 9.01. The van der Waals surface area contributed by atoms with Gasteiger partial charge in [0.15, 0.2) is 0 Å². The lowest BCUT2D eigenvalue weighted by Crippen LogP contribution is -2.38. The van der Waals surface area contributed by atoms with E-state index in [2.05, 4.69) is 35.2 Å². The van der Waals surface area contributed by atoms with Crippen molar-refractivity contribution in [1.82, 2.24) is 4.90 Å². The van der Waals surface area contributed by atoms with Crippen LogP contribution in [-0.4, -0.2) is 48.2 Å². The van der Waals surface area contributed by atoms with E-state index in [-0.39, 0.29) is 24.6 Å². The van der Waals surface area contributed by atoms with Crippen molar-refractivity contribution in [3.63, 3.8) is 0 Å². The molecule has 1 amide bonds. The molecule has 0 aromatic heterocycles. The van der Waals surface area contributed by atoms with Crippen molar-refractivity contribution in [2.75, 3.05) is 30.0 Å². The van der Waals surface area contributed by atoms with Crippen LogP contribution in [-0.2, 0) is 20.9 Å². The maximum absolute atomic E-state index is 13.2. The molecule has 1 heterocycles. The molecule has 31 heavy (non-hydrogen) atoms. The molecule has 0 radical (unpaired) electrons. The van der Waals surface area contributed by atoms with Gasteiger partial charge in [-0.3, -0.25) is 14.7 Å². The third kappa shape index (κ3) is 5.70. The molecule has 0 fully saturated rings. The largest absolute Gasteiger partial charge is 0.461 e. The van der Waals surface area contributed by atoms with Gasteiger partial charge in [0.2, 0.25) is 5.91 Å². The zero-order chi connectivity index (χ0) is 22.2. The molecule has 1 atom stereocenters. The summed E-state index contributed by atoms with van der Waals surface area (Å²) in [7, 11) is 0. The number of anilines is 2. The summed E-state index contributed by atoms with van der Waals surface area (Å²) in [5.41, 5.74) is 2.86. The van der Waals surface area contributed by atoms with Crippen molar-refractivity contribution in [1.29, 1.82) is 0 Å². The SMILES string of the molecule is CCOC(=O)C1=NN(c2ccccc2)[C@H](C(=O)Nc2cccc(CN(CC)CC)c2)C1. The van der Waals surface area contributed by atoms with E-state index in [1.54, 1.807) is 11.9 Å². The number of carbonyl (C=O) groups excluding carboxylic acids is 2. The topological polar surface area (TPSA) is 74.2 Å². The minimum atomic E-state index is -0.631. The molecule has 2 aromatic carbocycles. The lowest BCUT2D eigenvalue weighted by atomic mass is 10.1. The van der Waals surface area contributed by atoms with Gasteiger partial charge in [-0.2, -0.15) is 5.10 Å². The lowest BCUT2D eigenvalue weighted by Gasteiger charge is -2.23. The first-order valence-electron chi connectivity index (χ1n) is 10.8. The molecule has 7 nitrogen and oxygen atoms in total. The van der Waals surface area contributed by atoms with Crippen LogP contribution in [0.4, 0.5) is 11.4 Å². The Labute approximate surface area is 183 Å². The van der Waals surface area contributed by atoms with E-state index >= 15 is 0 Å². The molecule has 164 valence electrons. The maximum atomic E-state index is 13.2. The summed E-state index contributed by atoms with van der Waals surface area (Å²) < 4.78 is 5.10. The van der Waals surface area contributed by atoms with Crippen LogP contribution in [0.1, 0.15) is 32.8 Å². The van der Waals surface area contributed by atoms with Crippen molar-refractivity contribution in [3.8, 4) is 0 Å². The maximum Gasteiger partial charge on any atom is 0.354 e. The zero-order valence-corrected chi connectivity index (χ0v) is 18.4. The fourth-order valence-electron chi connectivity index (χ4n) is 3.55. The first kappa shape index (κ1) is 22.5. The number of esters is 1. The van der Waals surface area contributed by atoms with Gasteiger partial charge < -0.3 is 10.1 Å². The number of hydrazone groups is 1. The second kappa shape index (κ2) is 10.7. The number of amides is 1. The number of nitrogens with zero attached hydrogens (tertiary/aromatic N) is 3. The molecule has 0 saturated carbocycles. The minimum Gasteiger partial charge on any atom is -0.461 e. The first-order valence-corrected chi connectivity index (χ1v) is 10.8. The molecule has 1 aliphatic rings. The molecule has 2 aromatic rings. The van der Waals surface area contributed by atoms with E-state index < -0.39 is 12.0 Å². The number of nitrogens with one attached hydrogen (secondary N) is 1. The lowest BCUT2D eigenvalue weighted by molar-refractivity contribution is -0.135. The minimum absolute atomic E-state index is 0.193. The van der Waals surface area contributed by atoms with E-state index in [0.717, 1.165) is 36.6 Å². The van der Waals surface area contributed by atoms with Gasteiger partial charge in [-0.05, 0) is 49.8 Å². The molecule has 1 N–H and O–H groups in total. The Morgan fingerprint density at radius 1 is 1.10 bits per heavy atom. The number of benzene rings is 2. The molecule has 3 rings (SSSR count). The zero-order valence-electron chi connectivity index (χ0n) is 18.4. The highest BCUT2D eigenvalue weighted by molar-refractivity contribution is 6.38. The van der Waals surface area contributed by atoms with E-state index in [9.17, 15) is 9.59 Å². The van der Waals surface area contributed by atoms with Gasteiger partial charge in [0.1, 0.15) is 11.8 Å². The quantitative estimate of drug-likeness (QED) is 0.624. The van der Waals surface area contributed by atoms with Gasteiger partial charge in [-0.1, -0.05) is 44.2 Å². The standard InChI is InChI=1S/C24H30N4O3/c1-4-27(5-2)17-18-11-10-12-19(15-18)25-23(29)22-16-21(24(30)31-6-3)26-28(22)20-13-8-7-9-14-20/h7-15,22H,4-6,16-17H2,1-3H3,(H,25,29)/t22-/m0/s1. The summed E-state index contributed by atoms with van der Waals surface area (Å²) in [5.74, 6) is -0.702. The normalized spacial score (nSPS) is 15.7. The van der Waals surface area contributed by atoms with E-state index in [1.165, 1.54) is 0 Å². The van der Waals surface area contributed by atoms with E-state index in [1.807, 2.05) is 48.5 Å². The fourth-order valence-corrected chi connectivity index (χ4v) is 3.55. The van der Waals surface area contributed by atoms with Crippen LogP contribution in [0.5, 0.6) is 0 Å². The average Bonchev–Trinajstić information content (AvgIpc) is 3.24. The Hall–Kier alpha value is -3.19. The predicted molar refractivity (Wildman–Crippen MR) is 123 cm³/mol. The third-order valence-corrected chi connectivity index (χ3v) is 5.24. The van der Waals surface area contributed by atoms with Crippen molar-refractivity contribution in [3.05, 3.63) is 60.2 Å². The number of carbonyl (C=O) groups is 2. The predicted octanol–water partition coefficient (Wildman–Crippen LogP) is 3.66. The highest BCUT2D eigenvalue weighted by atomic mass is 16.5. The van der Waals surface area contributed by atoms with Gasteiger partial charge in [0.25, 0.3) is 0 Å². The van der Waals surface area contributed by atoms with Crippen LogP contribution in [0.25, 0.3) is 0 Å². The number of rotatable bonds is 9. The number of ether oxygens (including phenoxy) is 1. The van der Waals surface area contributed by atoms with E-state index in [4.69, 9.17) is 4.74 Å². The molecule has 0 unspecified atom stereocenters. The molecule has 0 aliphatic carbocycles. The average molecular weight is 423 g/mol. The second-order valence-electron chi connectivity index (χ2n) is 7.32. The van der Waals surface area contributed by atoms with Crippen LogP contribution < -0.4 is 10.3 Å². The van der Waals surface area contributed by atoms with Crippen LogP contribution in [0, 0.1) is 0 Å².